The Hall–Kier alpha value is -1.99. The molecule has 1 aromatic heterocycles. The third-order valence-corrected chi connectivity index (χ3v) is 2.79. The first-order valence-electron chi connectivity index (χ1n) is 5.16. The van der Waals surface area contributed by atoms with Crippen LogP contribution in [0.3, 0.4) is 0 Å². The second kappa shape index (κ2) is 4.89. The molecule has 1 atom stereocenters. The number of nitrogens with one attached hydrogen (secondary N) is 2. The molecule has 0 saturated heterocycles. The molecular weight excluding hydrogens is 236 g/mol. The Morgan fingerprint density at radius 3 is 2.94 bits per heavy atom. The fourth-order valence-electron chi connectivity index (χ4n) is 1.52. The van der Waals surface area contributed by atoms with Crippen LogP contribution in [0, 0.1) is 11.3 Å². The number of rotatable bonds is 3. The van der Waals surface area contributed by atoms with Gasteiger partial charge in [-0.25, -0.2) is 0 Å². The Labute approximate surface area is 104 Å². The van der Waals surface area contributed by atoms with E-state index in [4.69, 9.17) is 16.9 Å². The van der Waals surface area contributed by atoms with Crippen molar-refractivity contribution in [3.8, 4) is 6.07 Å². The number of hydrogen-bond donors (Lipinski definition) is 2. The number of benzene rings is 1. The van der Waals surface area contributed by atoms with Gasteiger partial charge >= 0.3 is 0 Å². The Bertz CT molecular complexity index is 542. The third-order valence-electron chi connectivity index (χ3n) is 2.46. The first kappa shape index (κ1) is 11.5. The number of H-pyrrole nitrogens is 1. The minimum absolute atomic E-state index is 0.0453. The molecule has 5 heteroatoms. The molecule has 17 heavy (non-hydrogen) atoms. The molecule has 0 aliphatic heterocycles. The zero-order chi connectivity index (χ0) is 12.3. The zero-order valence-corrected chi connectivity index (χ0v) is 9.99. The Morgan fingerprint density at radius 1 is 1.47 bits per heavy atom. The number of aromatic amines is 1. The van der Waals surface area contributed by atoms with Crippen molar-refractivity contribution in [1.29, 1.82) is 5.26 Å². The molecule has 1 heterocycles. The summed E-state index contributed by atoms with van der Waals surface area (Å²) < 4.78 is 0. The van der Waals surface area contributed by atoms with Gasteiger partial charge in [-0.15, -0.1) is 0 Å². The molecule has 86 valence electrons. The summed E-state index contributed by atoms with van der Waals surface area (Å²) in [5.41, 5.74) is 2.28. The van der Waals surface area contributed by atoms with E-state index < -0.39 is 0 Å². The van der Waals surface area contributed by atoms with Crippen LogP contribution in [-0.2, 0) is 0 Å². The first-order chi connectivity index (χ1) is 8.20. The van der Waals surface area contributed by atoms with Crippen molar-refractivity contribution in [1.82, 2.24) is 10.2 Å². The molecule has 0 aliphatic carbocycles. The monoisotopic (exact) mass is 246 g/mol. The molecule has 1 unspecified atom stereocenters. The zero-order valence-electron chi connectivity index (χ0n) is 9.24. The summed E-state index contributed by atoms with van der Waals surface area (Å²) >= 11 is 6.06. The number of nitrogens with zero attached hydrogens (tertiary/aromatic N) is 2. The van der Waals surface area contributed by atoms with Crippen LogP contribution in [0.25, 0.3) is 0 Å². The van der Waals surface area contributed by atoms with E-state index in [0.29, 0.717) is 10.6 Å². The molecule has 1 aromatic carbocycles. The maximum Gasteiger partial charge on any atom is 0.0992 e. The van der Waals surface area contributed by atoms with Crippen LogP contribution in [0.2, 0.25) is 5.02 Å². The minimum atomic E-state index is 0.0453. The lowest BCUT2D eigenvalue weighted by Crippen LogP contribution is -2.07. The summed E-state index contributed by atoms with van der Waals surface area (Å²) in [6, 6.07) is 9.15. The van der Waals surface area contributed by atoms with Gasteiger partial charge in [-0.1, -0.05) is 11.6 Å². The third kappa shape index (κ3) is 2.58. The van der Waals surface area contributed by atoms with E-state index in [1.165, 1.54) is 0 Å². The molecule has 2 aromatic rings. The van der Waals surface area contributed by atoms with Crippen LogP contribution in [0.15, 0.2) is 30.5 Å². The van der Waals surface area contributed by atoms with Gasteiger partial charge in [0.15, 0.2) is 0 Å². The maximum atomic E-state index is 8.83. The fourth-order valence-corrected chi connectivity index (χ4v) is 1.70. The van der Waals surface area contributed by atoms with Crippen molar-refractivity contribution < 1.29 is 0 Å². The summed E-state index contributed by atoms with van der Waals surface area (Å²) in [4.78, 5) is 0. The molecule has 0 aliphatic rings. The van der Waals surface area contributed by atoms with Crippen molar-refractivity contribution >= 4 is 17.3 Å². The number of halogens is 1. The van der Waals surface area contributed by atoms with E-state index in [2.05, 4.69) is 21.6 Å². The van der Waals surface area contributed by atoms with Crippen molar-refractivity contribution in [3.05, 3.63) is 46.7 Å². The normalized spacial score (nSPS) is 11.8. The lowest BCUT2D eigenvalue weighted by Gasteiger charge is -2.14. The van der Waals surface area contributed by atoms with Gasteiger partial charge < -0.3 is 5.32 Å². The predicted octanol–water partition coefficient (Wildman–Crippen LogP) is 3.11. The van der Waals surface area contributed by atoms with Gasteiger partial charge in [0.2, 0.25) is 0 Å². The average molecular weight is 247 g/mol. The molecule has 2 N–H and O–H groups in total. The van der Waals surface area contributed by atoms with E-state index in [0.717, 1.165) is 11.4 Å². The van der Waals surface area contributed by atoms with Gasteiger partial charge in [0.05, 0.1) is 34.1 Å². The van der Waals surface area contributed by atoms with Crippen LogP contribution < -0.4 is 5.32 Å². The topological polar surface area (TPSA) is 64.5 Å². The van der Waals surface area contributed by atoms with E-state index in [1.54, 1.807) is 24.4 Å². The van der Waals surface area contributed by atoms with Crippen LogP contribution >= 0.6 is 11.6 Å². The number of aromatic nitrogens is 2. The summed E-state index contributed by atoms with van der Waals surface area (Å²) in [6.45, 7) is 1.99. The second-order valence-corrected chi connectivity index (χ2v) is 4.09. The molecule has 0 spiro atoms. The van der Waals surface area contributed by atoms with Crippen molar-refractivity contribution in [3.63, 3.8) is 0 Å². The number of anilines is 1. The SMILES string of the molecule is CC(Nc1cc(C#N)ccc1Cl)c1ccn[nH]1. The van der Waals surface area contributed by atoms with Gasteiger partial charge in [0.25, 0.3) is 0 Å². The number of nitriles is 1. The van der Waals surface area contributed by atoms with Gasteiger partial charge in [0, 0.05) is 6.20 Å². The Kier molecular flexibility index (Phi) is 3.31. The predicted molar refractivity (Wildman–Crippen MR) is 66.8 cm³/mol. The molecule has 0 fully saturated rings. The second-order valence-electron chi connectivity index (χ2n) is 3.68. The Balaban J connectivity index is 2.21. The first-order valence-corrected chi connectivity index (χ1v) is 5.54. The van der Waals surface area contributed by atoms with Gasteiger partial charge in [0.1, 0.15) is 0 Å². The van der Waals surface area contributed by atoms with Crippen LogP contribution in [0.5, 0.6) is 0 Å². The smallest absolute Gasteiger partial charge is 0.0992 e. The quantitative estimate of drug-likeness (QED) is 0.875. The van der Waals surface area contributed by atoms with Gasteiger partial charge in [-0.05, 0) is 31.2 Å². The molecule has 4 nitrogen and oxygen atoms in total. The molecular formula is C12H11ClN4. The lowest BCUT2D eigenvalue weighted by atomic mass is 10.2. The summed E-state index contributed by atoms with van der Waals surface area (Å²) in [6.07, 6.45) is 1.70. The lowest BCUT2D eigenvalue weighted by molar-refractivity contribution is 0.825. The maximum absolute atomic E-state index is 8.83. The van der Waals surface area contributed by atoms with E-state index in [9.17, 15) is 0 Å². The highest BCUT2D eigenvalue weighted by Gasteiger charge is 2.09. The molecule has 0 radical (unpaired) electrons. The van der Waals surface area contributed by atoms with Crippen LogP contribution in [-0.4, -0.2) is 10.2 Å². The van der Waals surface area contributed by atoms with E-state index >= 15 is 0 Å². The van der Waals surface area contributed by atoms with Crippen LogP contribution in [0.1, 0.15) is 24.2 Å². The van der Waals surface area contributed by atoms with Crippen LogP contribution in [0.4, 0.5) is 5.69 Å². The highest BCUT2D eigenvalue weighted by Crippen LogP contribution is 2.26. The number of hydrogen-bond acceptors (Lipinski definition) is 3. The van der Waals surface area contributed by atoms with Crippen molar-refractivity contribution in [2.45, 2.75) is 13.0 Å². The summed E-state index contributed by atoms with van der Waals surface area (Å²) in [7, 11) is 0. The summed E-state index contributed by atoms with van der Waals surface area (Å²) in [5.74, 6) is 0. The highest BCUT2D eigenvalue weighted by molar-refractivity contribution is 6.33. The van der Waals surface area contributed by atoms with E-state index in [-0.39, 0.29) is 6.04 Å². The minimum Gasteiger partial charge on any atom is -0.376 e. The fraction of sp³-hybridized carbons (Fsp3) is 0.167. The standard InChI is InChI=1S/C12H11ClN4/c1-8(11-4-5-15-17-11)16-12-6-9(7-14)2-3-10(12)13/h2-6,8,16H,1H3,(H,15,17). The molecule has 0 saturated carbocycles. The molecule has 0 bridgehead atoms. The van der Waals surface area contributed by atoms with Crippen molar-refractivity contribution in [2.24, 2.45) is 0 Å². The molecule has 2 rings (SSSR count). The van der Waals surface area contributed by atoms with Gasteiger partial charge in [-0.2, -0.15) is 10.4 Å². The average Bonchev–Trinajstić information content (AvgIpc) is 2.85. The van der Waals surface area contributed by atoms with E-state index in [1.807, 2.05) is 13.0 Å². The summed E-state index contributed by atoms with van der Waals surface area (Å²) in [5, 5.41) is 19.4. The molecule has 0 amide bonds. The largest absolute Gasteiger partial charge is 0.376 e. The Morgan fingerprint density at radius 2 is 2.29 bits per heavy atom. The highest BCUT2D eigenvalue weighted by atomic mass is 35.5. The van der Waals surface area contributed by atoms with Crippen molar-refractivity contribution in [2.75, 3.05) is 5.32 Å². The van der Waals surface area contributed by atoms with Gasteiger partial charge in [-0.3, -0.25) is 5.10 Å².